The molecule has 0 aliphatic carbocycles. The van der Waals surface area contributed by atoms with Crippen molar-refractivity contribution in [1.29, 1.82) is 0 Å². The number of guanidine groups is 1. The smallest absolute Gasteiger partial charge is 0.191 e. The Kier molecular flexibility index (Phi) is 11.6. The number of nitrogens with one attached hydrogen (secondary N) is 2. The molecule has 1 aliphatic rings. The molecule has 2 heterocycles. The van der Waals surface area contributed by atoms with Crippen molar-refractivity contribution in [3.8, 4) is 0 Å². The Labute approximate surface area is 166 Å². The van der Waals surface area contributed by atoms with Gasteiger partial charge >= 0.3 is 0 Å². The molecule has 0 aromatic carbocycles. The van der Waals surface area contributed by atoms with Gasteiger partial charge in [-0.1, -0.05) is 6.92 Å². The fourth-order valence-corrected chi connectivity index (χ4v) is 3.16. The molecule has 2 rings (SSSR count). The molecule has 24 heavy (non-hydrogen) atoms. The van der Waals surface area contributed by atoms with Gasteiger partial charge in [-0.3, -0.25) is 4.90 Å². The lowest BCUT2D eigenvalue weighted by Crippen LogP contribution is -2.40. The first-order valence-electron chi connectivity index (χ1n) is 8.57. The van der Waals surface area contributed by atoms with Crippen LogP contribution >= 0.6 is 35.3 Å². The van der Waals surface area contributed by atoms with Crippen LogP contribution < -0.4 is 10.6 Å². The summed E-state index contributed by atoms with van der Waals surface area (Å²) in [4.78, 5) is 11.6. The second-order valence-corrected chi connectivity index (χ2v) is 6.46. The van der Waals surface area contributed by atoms with E-state index in [1.54, 1.807) is 11.3 Å². The van der Waals surface area contributed by atoms with Crippen LogP contribution in [0.1, 0.15) is 31.0 Å². The van der Waals surface area contributed by atoms with E-state index in [0.717, 1.165) is 70.4 Å². The van der Waals surface area contributed by atoms with Crippen LogP contribution in [0.5, 0.6) is 0 Å². The molecule has 138 valence electrons. The minimum Gasteiger partial charge on any atom is -0.379 e. The van der Waals surface area contributed by atoms with E-state index >= 15 is 0 Å². The maximum atomic E-state index is 5.37. The molecule has 2 N–H and O–H groups in total. The number of hydrogen-bond acceptors (Lipinski definition) is 5. The van der Waals surface area contributed by atoms with E-state index < -0.39 is 0 Å². The Morgan fingerprint density at radius 2 is 2.12 bits per heavy atom. The van der Waals surface area contributed by atoms with Crippen molar-refractivity contribution >= 4 is 41.3 Å². The Morgan fingerprint density at radius 1 is 1.33 bits per heavy atom. The summed E-state index contributed by atoms with van der Waals surface area (Å²) in [6.07, 6.45) is 2.11. The molecule has 0 amide bonds. The number of morpholine rings is 1. The van der Waals surface area contributed by atoms with Gasteiger partial charge in [-0.2, -0.15) is 0 Å². The molecule has 8 heteroatoms. The fourth-order valence-electron chi connectivity index (χ4n) is 2.42. The number of nitrogens with zero attached hydrogens (tertiary/aromatic N) is 3. The van der Waals surface area contributed by atoms with Crippen LogP contribution in [0.4, 0.5) is 0 Å². The SMILES string of the molecule is CCNC(=NCc1csc(CC)n1)NCCCN1CCOCC1.I. The van der Waals surface area contributed by atoms with E-state index in [9.17, 15) is 0 Å². The summed E-state index contributed by atoms with van der Waals surface area (Å²) < 4.78 is 5.37. The summed E-state index contributed by atoms with van der Waals surface area (Å²) in [6, 6.07) is 0. The van der Waals surface area contributed by atoms with Crippen molar-refractivity contribution in [2.75, 3.05) is 45.9 Å². The first kappa shape index (κ1) is 21.6. The third-order valence-corrected chi connectivity index (χ3v) is 4.73. The minimum absolute atomic E-state index is 0. The van der Waals surface area contributed by atoms with Gasteiger partial charge in [0.25, 0.3) is 0 Å². The predicted molar refractivity (Wildman–Crippen MR) is 112 cm³/mol. The molecule has 6 nitrogen and oxygen atoms in total. The van der Waals surface area contributed by atoms with Crippen LogP contribution in [-0.2, 0) is 17.7 Å². The van der Waals surface area contributed by atoms with Crippen molar-refractivity contribution in [1.82, 2.24) is 20.5 Å². The van der Waals surface area contributed by atoms with Gasteiger partial charge in [0.15, 0.2) is 5.96 Å². The summed E-state index contributed by atoms with van der Waals surface area (Å²) in [7, 11) is 0. The van der Waals surface area contributed by atoms with E-state index in [0.29, 0.717) is 6.54 Å². The Morgan fingerprint density at radius 3 is 2.79 bits per heavy atom. The highest BCUT2D eigenvalue weighted by Crippen LogP contribution is 2.10. The maximum Gasteiger partial charge on any atom is 0.191 e. The topological polar surface area (TPSA) is 61.8 Å². The molecule has 0 bridgehead atoms. The van der Waals surface area contributed by atoms with E-state index in [4.69, 9.17) is 4.74 Å². The second-order valence-electron chi connectivity index (χ2n) is 5.52. The lowest BCUT2D eigenvalue weighted by molar-refractivity contribution is 0.0376. The molecule has 0 atom stereocenters. The Hall–Kier alpha value is -0.450. The van der Waals surface area contributed by atoms with Gasteiger partial charge in [-0.25, -0.2) is 9.98 Å². The van der Waals surface area contributed by atoms with Crippen molar-refractivity contribution in [3.05, 3.63) is 16.1 Å². The number of aromatic nitrogens is 1. The summed E-state index contributed by atoms with van der Waals surface area (Å²) in [5.41, 5.74) is 1.05. The zero-order chi connectivity index (χ0) is 16.3. The van der Waals surface area contributed by atoms with Crippen LogP contribution in [-0.4, -0.2) is 61.8 Å². The van der Waals surface area contributed by atoms with Crippen LogP contribution in [0.3, 0.4) is 0 Å². The largest absolute Gasteiger partial charge is 0.379 e. The van der Waals surface area contributed by atoms with Crippen molar-refractivity contribution in [3.63, 3.8) is 0 Å². The average Bonchev–Trinajstić information content (AvgIpc) is 3.05. The van der Waals surface area contributed by atoms with Crippen molar-refractivity contribution < 1.29 is 4.74 Å². The summed E-state index contributed by atoms with van der Waals surface area (Å²) in [5, 5.41) is 9.98. The molecule has 0 radical (unpaired) electrons. The van der Waals surface area contributed by atoms with Gasteiger partial charge in [0, 0.05) is 31.6 Å². The highest BCUT2D eigenvalue weighted by molar-refractivity contribution is 14.0. The molecular formula is C16H30IN5OS. The van der Waals surface area contributed by atoms with Gasteiger partial charge in [0.1, 0.15) is 0 Å². The summed E-state index contributed by atoms with van der Waals surface area (Å²) >= 11 is 1.71. The van der Waals surface area contributed by atoms with E-state index in [-0.39, 0.29) is 24.0 Å². The van der Waals surface area contributed by atoms with Gasteiger partial charge < -0.3 is 15.4 Å². The molecule has 1 aliphatic heterocycles. The van der Waals surface area contributed by atoms with Gasteiger partial charge in [0.05, 0.1) is 30.5 Å². The van der Waals surface area contributed by atoms with Crippen LogP contribution in [0, 0.1) is 0 Å². The number of thiazole rings is 1. The molecule has 1 saturated heterocycles. The number of halogens is 1. The number of aryl methyl sites for hydroxylation is 1. The molecular weight excluding hydrogens is 437 g/mol. The van der Waals surface area contributed by atoms with Crippen LogP contribution in [0.15, 0.2) is 10.4 Å². The van der Waals surface area contributed by atoms with Crippen molar-refractivity contribution in [2.24, 2.45) is 4.99 Å². The Balaban J connectivity index is 0.00000288. The molecule has 1 fully saturated rings. The first-order valence-corrected chi connectivity index (χ1v) is 9.45. The summed E-state index contributed by atoms with van der Waals surface area (Å²) in [6.45, 7) is 11.6. The van der Waals surface area contributed by atoms with E-state index in [1.165, 1.54) is 5.01 Å². The van der Waals surface area contributed by atoms with Gasteiger partial charge in [-0.15, -0.1) is 35.3 Å². The zero-order valence-corrected chi connectivity index (χ0v) is 17.9. The average molecular weight is 467 g/mol. The molecule has 0 saturated carbocycles. The molecule has 1 aromatic heterocycles. The molecule has 0 unspecified atom stereocenters. The lowest BCUT2D eigenvalue weighted by atomic mass is 10.3. The van der Waals surface area contributed by atoms with Crippen LogP contribution in [0.25, 0.3) is 0 Å². The highest BCUT2D eigenvalue weighted by atomic mass is 127. The lowest BCUT2D eigenvalue weighted by Gasteiger charge is -2.26. The predicted octanol–water partition coefficient (Wildman–Crippen LogP) is 2.10. The van der Waals surface area contributed by atoms with Gasteiger partial charge in [0.2, 0.25) is 0 Å². The normalized spacial score (nSPS) is 15.8. The number of aliphatic imine (C=N–C) groups is 1. The molecule has 1 aromatic rings. The third-order valence-electron chi connectivity index (χ3n) is 3.69. The highest BCUT2D eigenvalue weighted by Gasteiger charge is 2.09. The first-order chi connectivity index (χ1) is 11.3. The zero-order valence-electron chi connectivity index (χ0n) is 14.7. The standard InChI is InChI=1S/C16H29N5OS.HI/c1-3-15-20-14(13-23-15)12-19-16(17-4-2)18-6-5-7-21-8-10-22-11-9-21;/h13H,3-12H2,1-2H3,(H2,17,18,19);1H. The number of ether oxygens (including phenoxy) is 1. The fraction of sp³-hybridized carbons (Fsp3) is 0.750. The monoisotopic (exact) mass is 467 g/mol. The van der Waals surface area contributed by atoms with E-state index in [2.05, 4.69) is 44.7 Å². The van der Waals surface area contributed by atoms with Crippen LogP contribution in [0.2, 0.25) is 0 Å². The third kappa shape index (κ3) is 8.09. The minimum atomic E-state index is 0. The Bertz CT molecular complexity index is 477. The van der Waals surface area contributed by atoms with Gasteiger partial charge in [-0.05, 0) is 26.3 Å². The van der Waals surface area contributed by atoms with Crippen molar-refractivity contribution in [2.45, 2.75) is 33.2 Å². The second kappa shape index (κ2) is 12.8. The maximum absolute atomic E-state index is 5.37. The number of hydrogen-bond donors (Lipinski definition) is 2. The molecule has 0 spiro atoms. The summed E-state index contributed by atoms with van der Waals surface area (Å²) in [5.74, 6) is 0.875. The quantitative estimate of drug-likeness (QED) is 0.266. The van der Waals surface area contributed by atoms with E-state index in [1.807, 2.05) is 0 Å². The number of rotatable bonds is 8.